The highest BCUT2D eigenvalue weighted by Crippen LogP contribution is 2.38. The largest absolute Gasteiger partial charge is 0.449 e. The summed E-state index contributed by atoms with van der Waals surface area (Å²) < 4.78 is 10.7. The normalized spacial score (nSPS) is 29.0. The lowest BCUT2D eigenvalue weighted by Gasteiger charge is -2.43. The molecule has 1 saturated carbocycles. The Bertz CT molecular complexity index is 568. The Morgan fingerprint density at radius 1 is 1.20 bits per heavy atom. The highest BCUT2D eigenvalue weighted by Gasteiger charge is 2.38. The third kappa shape index (κ3) is 4.44. The first-order chi connectivity index (χ1) is 11.8. The SMILES string of the molecule is Cl.O=C(Nc1noc(C2CN3CCC2CC3)n1)OCC1CCCCC1. The van der Waals surface area contributed by atoms with Crippen molar-refractivity contribution >= 4 is 24.4 Å². The van der Waals surface area contributed by atoms with E-state index in [2.05, 4.69) is 20.4 Å². The molecule has 4 fully saturated rings. The van der Waals surface area contributed by atoms with Gasteiger partial charge in [-0.2, -0.15) is 4.98 Å². The van der Waals surface area contributed by atoms with E-state index in [1.807, 2.05) is 0 Å². The van der Waals surface area contributed by atoms with Crippen molar-refractivity contribution in [1.82, 2.24) is 15.0 Å². The van der Waals surface area contributed by atoms with Crippen molar-refractivity contribution in [3.63, 3.8) is 0 Å². The molecule has 0 radical (unpaired) electrons. The number of amides is 1. The molecule has 25 heavy (non-hydrogen) atoms. The number of nitrogens with zero attached hydrogens (tertiary/aromatic N) is 3. The Morgan fingerprint density at radius 3 is 2.64 bits per heavy atom. The Morgan fingerprint density at radius 2 is 1.96 bits per heavy atom. The number of aromatic nitrogens is 2. The molecule has 8 heteroatoms. The summed E-state index contributed by atoms with van der Waals surface area (Å²) in [4.78, 5) is 18.7. The van der Waals surface area contributed by atoms with Crippen molar-refractivity contribution in [2.45, 2.75) is 50.9 Å². The fraction of sp³-hybridized carbons (Fsp3) is 0.824. The lowest BCUT2D eigenvalue weighted by Crippen LogP contribution is -2.46. The molecule has 0 spiro atoms. The van der Waals surface area contributed by atoms with Crippen LogP contribution in [0.15, 0.2) is 4.52 Å². The van der Waals surface area contributed by atoms with E-state index >= 15 is 0 Å². The molecule has 5 rings (SSSR count). The third-order valence-electron chi connectivity index (χ3n) is 5.80. The molecule has 1 atom stereocenters. The minimum atomic E-state index is -0.484. The van der Waals surface area contributed by atoms with Crippen LogP contribution in [0.25, 0.3) is 0 Å². The van der Waals surface area contributed by atoms with Crippen molar-refractivity contribution in [1.29, 1.82) is 0 Å². The Hall–Kier alpha value is -1.34. The van der Waals surface area contributed by atoms with Crippen molar-refractivity contribution in [2.24, 2.45) is 11.8 Å². The summed E-state index contributed by atoms with van der Waals surface area (Å²) in [5, 5.41) is 6.49. The molecular formula is C17H27ClN4O3. The maximum absolute atomic E-state index is 11.9. The van der Waals surface area contributed by atoms with Gasteiger partial charge in [0.05, 0.1) is 12.5 Å². The number of ether oxygens (including phenoxy) is 1. The molecule has 1 aromatic heterocycles. The topological polar surface area (TPSA) is 80.5 Å². The van der Waals surface area contributed by atoms with Crippen molar-refractivity contribution in [3.8, 4) is 0 Å². The highest BCUT2D eigenvalue weighted by atomic mass is 35.5. The Balaban J connectivity index is 0.00000182. The summed E-state index contributed by atoms with van der Waals surface area (Å²) in [6.45, 7) is 3.82. The molecule has 1 unspecified atom stereocenters. The predicted molar refractivity (Wildman–Crippen MR) is 95.0 cm³/mol. The number of piperidine rings is 3. The number of hydrogen-bond donors (Lipinski definition) is 1. The first kappa shape index (κ1) is 18.5. The van der Waals surface area contributed by atoms with E-state index in [1.54, 1.807) is 0 Å². The maximum atomic E-state index is 11.9. The smallest absolute Gasteiger partial charge is 0.414 e. The zero-order valence-corrected chi connectivity index (χ0v) is 15.3. The number of rotatable bonds is 4. The molecule has 3 saturated heterocycles. The first-order valence-electron chi connectivity index (χ1n) is 9.27. The lowest BCUT2D eigenvalue weighted by atomic mass is 9.79. The van der Waals surface area contributed by atoms with Crippen molar-refractivity contribution < 1.29 is 14.1 Å². The molecular weight excluding hydrogens is 344 g/mol. The molecule has 1 N–H and O–H groups in total. The molecule has 1 aromatic rings. The highest BCUT2D eigenvalue weighted by molar-refractivity contribution is 5.85. The van der Waals surface area contributed by atoms with Crippen LogP contribution in [0.1, 0.15) is 56.8 Å². The first-order valence-corrected chi connectivity index (χ1v) is 9.27. The van der Waals surface area contributed by atoms with E-state index in [-0.39, 0.29) is 18.4 Å². The van der Waals surface area contributed by atoms with Gasteiger partial charge in [0, 0.05) is 6.54 Å². The van der Waals surface area contributed by atoms with E-state index in [1.165, 1.54) is 45.2 Å². The summed E-state index contributed by atoms with van der Waals surface area (Å²) in [6, 6.07) is 0. The van der Waals surface area contributed by atoms with Crippen LogP contribution >= 0.6 is 12.4 Å². The summed E-state index contributed by atoms with van der Waals surface area (Å²) in [5.41, 5.74) is 0. The zero-order valence-electron chi connectivity index (χ0n) is 14.5. The van der Waals surface area contributed by atoms with Crippen LogP contribution in [0.5, 0.6) is 0 Å². The summed E-state index contributed by atoms with van der Waals surface area (Å²) in [7, 11) is 0. The molecule has 4 heterocycles. The quantitative estimate of drug-likeness (QED) is 0.874. The van der Waals surface area contributed by atoms with Gasteiger partial charge in [0.1, 0.15) is 0 Å². The lowest BCUT2D eigenvalue weighted by molar-refractivity contribution is 0.0727. The minimum Gasteiger partial charge on any atom is -0.449 e. The summed E-state index contributed by atoms with van der Waals surface area (Å²) >= 11 is 0. The van der Waals surface area contributed by atoms with Gasteiger partial charge >= 0.3 is 6.09 Å². The number of hydrogen-bond acceptors (Lipinski definition) is 6. The summed E-state index contributed by atoms with van der Waals surface area (Å²) in [6.07, 6.45) is 7.99. The molecule has 7 nitrogen and oxygen atoms in total. The Labute approximate surface area is 154 Å². The number of carbonyl (C=O) groups is 1. The zero-order chi connectivity index (χ0) is 16.4. The molecule has 140 valence electrons. The van der Waals surface area contributed by atoms with Gasteiger partial charge in [0.15, 0.2) is 0 Å². The predicted octanol–water partition coefficient (Wildman–Crippen LogP) is 3.43. The van der Waals surface area contributed by atoms with E-state index < -0.39 is 6.09 Å². The third-order valence-corrected chi connectivity index (χ3v) is 5.80. The van der Waals surface area contributed by atoms with Crippen LogP contribution in [-0.2, 0) is 4.74 Å². The second-order valence-electron chi connectivity index (χ2n) is 7.43. The van der Waals surface area contributed by atoms with Gasteiger partial charge in [0.25, 0.3) is 5.95 Å². The van der Waals surface area contributed by atoms with Crippen LogP contribution in [0.4, 0.5) is 10.7 Å². The average Bonchev–Trinajstić information content (AvgIpc) is 3.10. The fourth-order valence-electron chi connectivity index (χ4n) is 4.36. The van der Waals surface area contributed by atoms with E-state index in [9.17, 15) is 4.79 Å². The van der Waals surface area contributed by atoms with Crippen LogP contribution in [-0.4, -0.2) is 47.4 Å². The van der Waals surface area contributed by atoms with Crippen molar-refractivity contribution in [2.75, 3.05) is 31.6 Å². The van der Waals surface area contributed by atoms with Gasteiger partial charge < -0.3 is 14.2 Å². The molecule has 1 amide bonds. The van der Waals surface area contributed by atoms with Gasteiger partial charge in [-0.15, -0.1) is 12.4 Å². The number of nitrogens with one attached hydrogen (secondary N) is 1. The summed E-state index contributed by atoms with van der Waals surface area (Å²) in [5.74, 6) is 2.29. The van der Waals surface area contributed by atoms with Gasteiger partial charge in [-0.3, -0.25) is 5.32 Å². The van der Waals surface area contributed by atoms with E-state index in [0.29, 0.717) is 30.3 Å². The van der Waals surface area contributed by atoms with Gasteiger partial charge in [-0.25, -0.2) is 4.79 Å². The minimum absolute atomic E-state index is 0. The molecule has 2 bridgehead atoms. The second kappa shape index (κ2) is 8.36. The monoisotopic (exact) mass is 370 g/mol. The molecule has 0 aromatic carbocycles. The van der Waals surface area contributed by atoms with E-state index in [4.69, 9.17) is 9.26 Å². The standard InChI is InChI=1S/C17H26N4O3.ClH/c22-17(23-11-12-4-2-1-3-5-12)19-16-18-15(24-20-16)14-10-21-8-6-13(14)7-9-21;/h12-14H,1-11H2,(H,19,20,22);1H. The van der Waals surface area contributed by atoms with Crippen LogP contribution in [0.2, 0.25) is 0 Å². The molecule has 4 aliphatic rings. The van der Waals surface area contributed by atoms with E-state index in [0.717, 1.165) is 19.4 Å². The van der Waals surface area contributed by atoms with Gasteiger partial charge in [0.2, 0.25) is 5.89 Å². The second-order valence-corrected chi connectivity index (χ2v) is 7.43. The number of anilines is 1. The molecule has 1 aliphatic carbocycles. The molecule has 3 aliphatic heterocycles. The number of fused-ring (bicyclic) bond motifs is 3. The van der Waals surface area contributed by atoms with Crippen LogP contribution < -0.4 is 5.32 Å². The Kier molecular flexibility index (Phi) is 6.17. The number of carbonyl (C=O) groups excluding carboxylic acids is 1. The van der Waals surface area contributed by atoms with Gasteiger partial charge in [-0.1, -0.05) is 19.3 Å². The maximum Gasteiger partial charge on any atom is 0.414 e. The fourth-order valence-corrected chi connectivity index (χ4v) is 4.36. The van der Waals surface area contributed by atoms with Crippen LogP contribution in [0, 0.1) is 11.8 Å². The number of halogens is 1. The van der Waals surface area contributed by atoms with Gasteiger partial charge in [-0.05, 0) is 55.8 Å². The van der Waals surface area contributed by atoms with Crippen molar-refractivity contribution in [3.05, 3.63) is 5.89 Å². The average molecular weight is 371 g/mol. The van der Waals surface area contributed by atoms with Crippen LogP contribution in [0.3, 0.4) is 0 Å².